The van der Waals surface area contributed by atoms with Crippen molar-refractivity contribution in [1.29, 1.82) is 0 Å². The monoisotopic (exact) mass is 361 g/mol. The van der Waals surface area contributed by atoms with Crippen molar-refractivity contribution in [1.82, 2.24) is 19.6 Å². The highest BCUT2D eigenvalue weighted by Crippen LogP contribution is 2.33. The van der Waals surface area contributed by atoms with E-state index in [-0.39, 0.29) is 0 Å². The molecule has 0 saturated heterocycles. The third-order valence-electron chi connectivity index (χ3n) is 4.27. The summed E-state index contributed by atoms with van der Waals surface area (Å²) in [4.78, 5) is 8.83. The summed E-state index contributed by atoms with van der Waals surface area (Å²) in [7, 11) is 3.24. The number of hydrogen-bond acceptors (Lipinski definition) is 6. The maximum Gasteiger partial charge on any atom is 0.165 e. The number of aromatic nitrogens is 4. The van der Waals surface area contributed by atoms with Crippen LogP contribution in [0.2, 0.25) is 0 Å². The fraction of sp³-hybridized carbons (Fsp3) is 0.150. The lowest BCUT2D eigenvalue weighted by Crippen LogP contribution is -2.06. The van der Waals surface area contributed by atoms with E-state index in [9.17, 15) is 0 Å². The maximum atomic E-state index is 5.41. The van der Waals surface area contributed by atoms with Gasteiger partial charge in [-0.3, -0.25) is 4.98 Å². The molecule has 1 N–H and O–H groups in total. The zero-order chi connectivity index (χ0) is 18.6. The van der Waals surface area contributed by atoms with Crippen LogP contribution in [0.15, 0.2) is 61.1 Å². The highest BCUT2D eigenvalue weighted by Gasteiger charge is 2.13. The summed E-state index contributed by atoms with van der Waals surface area (Å²) < 4.78 is 12.5. The zero-order valence-electron chi connectivity index (χ0n) is 15.1. The standard InChI is InChI=1S/C20H19N5O2/c1-26-17-7-6-14(11-18(17)27-2)16-13-24-25-19(8-10-22-20(16)25)23-12-15-5-3-4-9-21-15/h3-11,13,23H,12H2,1-2H3. The molecular weight excluding hydrogens is 342 g/mol. The average molecular weight is 361 g/mol. The topological polar surface area (TPSA) is 73.6 Å². The lowest BCUT2D eigenvalue weighted by atomic mass is 10.1. The van der Waals surface area contributed by atoms with E-state index < -0.39 is 0 Å². The number of hydrogen-bond donors (Lipinski definition) is 1. The first-order chi connectivity index (χ1) is 13.3. The molecule has 7 heteroatoms. The van der Waals surface area contributed by atoms with Crippen LogP contribution in [0.4, 0.5) is 5.82 Å². The van der Waals surface area contributed by atoms with Gasteiger partial charge in [0.05, 0.1) is 32.7 Å². The number of nitrogens with one attached hydrogen (secondary N) is 1. The number of nitrogens with zero attached hydrogens (tertiary/aromatic N) is 4. The molecule has 1 aromatic carbocycles. The Morgan fingerprint density at radius 3 is 2.63 bits per heavy atom. The minimum atomic E-state index is 0.603. The molecule has 27 heavy (non-hydrogen) atoms. The smallest absolute Gasteiger partial charge is 0.165 e. The van der Waals surface area contributed by atoms with E-state index in [1.54, 1.807) is 37.3 Å². The van der Waals surface area contributed by atoms with Crippen molar-refractivity contribution in [2.75, 3.05) is 19.5 Å². The Hall–Kier alpha value is -3.61. The van der Waals surface area contributed by atoms with Gasteiger partial charge in [-0.25, -0.2) is 4.98 Å². The van der Waals surface area contributed by atoms with Crippen molar-refractivity contribution >= 4 is 11.5 Å². The Morgan fingerprint density at radius 1 is 0.963 bits per heavy atom. The van der Waals surface area contributed by atoms with E-state index in [0.29, 0.717) is 18.0 Å². The molecular formula is C20H19N5O2. The van der Waals surface area contributed by atoms with Crippen LogP contribution in [0.5, 0.6) is 11.5 Å². The summed E-state index contributed by atoms with van der Waals surface area (Å²) in [5.41, 5.74) is 3.58. The Labute approximate surface area is 156 Å². The third kappa shape index (κ3) is 3.27. The fourth-order valence-corrected chi connectivity index (χ4v) is 2.92. The van der Waals surface area contributed by atoms with Crippen molar-refractivity contribution in [2.45, 2.75) is 6.54 Å². The van der Waals surface area contributed by atoms with Gasteiger partial charge in [-0.1, -0.05) is 12.1 Å². The van der Waals surface area contributed by atoms with Crippen molar-refractivity contribution in [3.05, 3.63) is 66.7 Å². The van der Waals surface area contributed by atoms with E-state index in [2.05, 4.69) is 20.4 Å². The number of ether oxygens (including phenoxy) is 2. The van der Waals surface area contributed by atoms with E-state index in [1.165, 1.54) is 0 Å². The van der Waals surface area contributed by atoms with E-state index in [0.717, 1.165) is 28.3 Å². The average Bonchev–Trinajstić information content (AvgIpc) is 3.17. The van der Waals surface area contributed by atoms with Crippen molar-refractivity contribution in [3.8, 4) is 22.6 Å². The minimum Gasteiger partial charge on any atom is -0.493 e. The molecule has 0 fully saturated rings. The van der Waals surface area contributed by atoms with Crippen molar-refractivity contribution in [2.24, 2.45) is 0 Å². The maximum absolute atomic E-state index is 5.41. The summed E-state index contributed by atoms with van der Waals surface area (Å²) in [6.45, 7) is 0.603. The van der Waals surface area contributed by atoms with Crippen LogP contribution in [-0.4, -0.2) is 33.8 Å². The van der Waals surface area contributed by atoms with Gasteiger partial charge in [0.2, 0.25) is 0 Å². The van der Waals surface area contributed by atoms with Gasteiger partial charge in [-0.2, -0.15) is 9.61 Å². The molecule has 4 aromatic rings. The molecule has 3 heterocycles. The normalized spacial score (nSPS) is 10.7. The number of methoxy groups -OCH3 is 2. The summed E-state index contributed by atoms with van der Waals surface area (Å²) in [6, 6.07) is 13.5. The molecule has 0 aliphatic carbocycles. The molecule has 0 radical (unpaired) electrons. The summed E-state index contributed by atoms with van der Waals surface area (Å²) in [5, 5.41) is 7.87. The van der Waals surface area contributed by atoms with Crippen molar-refractivity contribution < 1.29 is 9.47 Å². The lowest BCUT2D eigenvalue weighted by Gasteiger charge is -2.09. The summed E-state index contributed by atoms with van der Waals surface area (Å²) in [5.74, 6) is 2.19. The van der Waals surface area contributed by atoms with Crippen LogP contribution in [0.3, 0.4) is 0 Å². The van der Waals surface area contributed by atoms with Gasteiger partial charge in [0.1, 0.15) is 5.82 Å². The van der Waals surface area contributed by atoms with Crippen LogP contribution in [-0.2, 0) is 6.54 Å². The second-order valence-corrected chi connectivity index (χ2v) is 5.87. The summed E-state index contributed by atoms with van der Waals surface area (Å²) >= 11 is 0. The molecule has 136 valence electrons. The first-order valence-electron chi connectivity index (χ1n) is 8.49. The lowest BCUT2D eigenvalue weighted by molar-refractivity contribution is 0.355. The van der Waals surface area contributed by atoms with Gasteiger partial charge < -0.3 is 14.8 Å². The Morgan fingerprint density at radius 2 is 1.85 bits per heavy atom. The summed E-state index contributed by atoms with van der Waals surface area (Å²) in [6.07, 6.45) is 5.35. The van der Waals surface area contributed by atoms with Gasteiger partial charge in [0.15, 0.2) is 17.1 Å². The molecule has 0 unspecified atom stereocenters. The highest BCUT2D eigenvalue weighted by atomic mass is 16.5. The molecule has 0 aliphatic heterocycles. The molecule has 0 bridgehead atoms. The molecule has 4 rings (SSSR count). The third-order valence-corrected chi connectivity index (χ3v) is 4.27. The number of anilines is 1. The van der Waals surface area contributed by atoms with Crippen LogP contribution >= 0.6 is 0 Å². The van der Waals surface area contributed by atoms with Gasteiger partial charge >= 0.3 is 0 Å². The predicted molar refractivity (Wildman–Crippen MR) is 103 cm³/mol. The molecule has 7 nitrogen and oxygen atoms in total. The van der Waals surface area contributed by atoms with Crippen LogP contribution in [0.25, 0.3) is 16.8 Å². The number of benzene rings is 1. The van der Waals surface area contributed by atoms with Gasteiger partial charge in [0, 0.05) is 18.0 Å². The van der Waals surface area contributed by atoms with Gasteiger partial charge in [-0.05, 0) is 35.9 Å². The minimum absolute atomic E-state index is 0.603. The van der Waals surface area contributed by atoms with Crippen LogP contribution in [0.1, 0.15) is 5.69 Å². The predicted octanol–water partition coefficient (Wildman–Crippen LogP) is 3.42. The molecule has 3 aromatic heterocycles. The number of fused-ring (bicyclic) bond motifs is 1. The largest absolute Gasteiger partial charge is 0.493 e. The molecule has 0 saturated carbocycles. The second kappa shape index (κ2) is 7.33. The van der Waals surface area contributed by atoms with Gasteiger partial charge in [-0.15, -0.1) is 0 Å². The fourth-order valence-electron chi connectivity index (χ4n) is 2.92. The zero-order valence-corrected chi connectivity index (χ0v) is 15.1. The SMILES string of the molecule is COc1ccc(-c2cnn3c(NCc4ccccn4)ccnc23)cc1OC. The van der Waals surface area contributed by atoms with E-state index in [4.69, 9.17) is 9.47 Å². The number of rotatable bonds is 6. The quantitative estimate of drug-likeness (QED) is 0.567. The number of pyridine rings is 1. The second-order valence-electron chi connectivity index (χ2n) is 5.87. The van der Waals surface area contributed by atoms with Crippen molar-refractivity contribution in [3.63, 3.8) is 0 Å². The highest BCUT2D eigenvalue weighted by molar-refractivity contribution is 5.79. The Kier molecular flexibility index (Phi) is 4.57. The van der Waals surface area contributed by atoms with Crippen LogP contribution in [0, 0.1) is 0 Å². The molecule has 0 aliphatic rings. The van der Waals surface area contributed by atoms with Gasteiger partial charge in [0.25, 0.3) is 0 Å². The Bertz CT molecular complexity index is 1060. The molecule has 0 atom stereocenters. The molecule has 0 amide bonds. The first-order valence-corrected chi connectivity index (χ1v) is 8.49. The van der Waals surface area contributed by atoms with E-state index in [1.807, 2.05) is 42.5 Å². The van der Waals surface area contributed by atoms with E-state index >= 15 is 0 Å². The Balaban J connectivity index is 1.68. The van der Waals surface area contributed by atoms with Crippen LogP contribution < -0.4 is 14.8 Å². The molecule has 0 spiro atoms. The first kappa shape index (κ1) is 16.8.